The first-order valence-corrected chi connectivity index (χ1v) is 4.61. The van der Waals surface area contributed by atoms with Crippen molar-refractivity contribution in [1.82, 2.24) is 0 Å². The average Bonchev–Trinajstić information content (AvgIpc) is 2.29. The van der Waals surface area contributed by atoms with Crippen molar-refractivity contribution in [3.63, 3.8) is 0 Å². The number of hydrogen-bond acceptors (Lipinski definition) is 1. The van der Waals surface area contributed by atoms with E-state index < -0.39 is 0 Å². The Morgan fingerprint density at radius 3 is 2.92 bits per heavy atom. The molecule has 4 unspecified atom stereocenters. The fraction of sp³-hybridized carbons (Fsp3) is 0.455. The number of aliphatic hydroxyl groups is 1. The van der Waals surface area contributed by atoms with Crippen molar-refractivity contribution in [2.75, 3.05) is 0 Å². The highest BCUT2D eigenvalue weighted by Crippen LogP contribution is 2.43. The molecule has 3 rings (SSSR count). The summed E-state index contributed by atoms with van der Waals surface area (Å²) in [6.07, 6.45) is 11.9. The zero-order chi connectivity index (χ0) is 8.13. The highest BCUT2D eigenvalue weighted by Gasteiger charge is 2.39. The molecule has 3 aliphatic rings. The first kappa shape index (κ1) is 6.67. The third kappa shape index (κ3) is 0.674. The van der Waals surface area contributed by atoms with Crippen LogP contribution < -0.4 is 0 Å². The third-order valence-electron chi connectivity index (χ3n) is 3.33. The van der Waals surface area contributed by atoms with Gasteiger partial charge < -0.3 is 5.11 Å². The van der Waals surface area contributed by atoms with Gasteiger partial charge in [-0.05, 0) is 12.0 Å². The maximum absolute atomic E-state index is 9.88. The van der Waals surface area contributed by atoms with Gasteiger partial charge in [-0.3, -0.25) is 0 Å². The Kier molecular flexibility index (Phi) is 1.17. The maximum atomic E-state index is 9.88. The minimum atomic E-state index is -0.131. The van der Waals surface area contributed by atoms with Gasteiger partial charge in [0.2, 0.25) is 0 Å². The highest BCUT2D eigenvalue weighted by atomic mass is 16.3. The Morgan fingerprint density at radius 1 is 1.25 bits per heavy atom. The zero-order valence-electron chi connectivity index (χ0n) is 6.85. The normalized spacial score (nSPS) is 47.9. The van der Waals surface area contributed by atoms with Gasteiger partial charge in [0.1, 0.15) is 0 Å². The van der Waals surface area contributed by atoms with Crippen molar-refractivity contribution in [2.45, 2.75) is 12.5 Å². The van der Waals surface area contributed by atoms with Crippen molar-refractivity contribution in [2.24, 2.45) is 17.8 Å². The van der Waals surface area contributed by atoms with Gasteiger partial charge in [-0.2, -0.15) is 0 Å². The minimum Gasteiger partial charge on any atom is -0.392 e. The molecule has 12 heavy (non-hydrogen) atoms. The lowest BCUT2D eigenvalue weighted by Gasteiger charge is -2.28. The molecule has 1 N–H and O–H groups in total. The monoisotopic (exact) mass is 160 g/mol. The van der Waals surface area contributed by atoms with Crippen molar-refractivity contribution in [3.8, 4) is 0 Å². The number of fused-ring (bicyclic) bond motifs is 4. The summed E-state index contributed by atoms with van der Waals surface area (Å²) >= 11 is 0. The summed E-state index contributed by atoms with van der Waals surface area (Å²) in [4.78, 5) is 0. The molecule has 0 aliphatic heterocycles. The first-order valence-electron chi connectivity index (χ1n) is 4.61. The molecule has 4 atom stereocenters. The Balaban J connectivity index is 2.03. The lowest BCUT2D eigenvalue weighted by molar-refractivity contribution is 0.0939. The summed E-state index contributed by atoms with van der Waals surface area (Å²) in [5.74, 6) is 1.27. The van der Waals surface area contributed by atoms with E-state index in [2.05, 4.69) is 30.4 Å². The zero-order valence-corrected chi connectivity index (χ0v) is 6.85. The highest BCUT2D eigenvalue weighted by molar-refractivity contribution is 5.40. The summed E-state index contributed by atoms with van der Waals surface area (Å²) in [6.45, 7) is 0. The molecule has 0 radical (unpaired) electrons. The Morgan fingerprint density at radius 2 is 2.17 bits per heavy atom. The van der Waals surface area contributed by atoms with Crippen LogP contribution in [0.1, 0.15) is 6.42 Å². The quantitative estimate of drug-likeness (QED) is 0.534. The van der Waals surface area contributed by atoms with Gasteiger partial charge in [0.25, 0.3) is 0 Å². The van der Waals surface area contributed by atoms with E-state index in [1.54, 1.807) is 0 Å². The van der Waals surface area contributed by atoms with Crippen molar-refractivity contribution >= 4 is 0 Å². The number of allylic oxidation sites excluding steroid dienone is 4. The van der Waals surface area contributed by atoms with Gasteiger partial charge in [-0.15, -0.1) is 0 Å². The van der Waals surface area contributed by atoms with Crippen LogP contribution in [0.3, 0.4) is 0 Å². The molecule has 3 aliphatic carbocycles. The van der Waals surface area contributed by atoms with Crippen LogP contribution in [0, 0.1) is 17.8 Å². The van der Waals surface area contributed by atoms with Crippen molar-refractivity contribution in [1.29, 1.82) is 0 Å². The molecular weight excluding hydrogens is 148 g/mol. The van der Waals surface area contributed by atoms with Crippen LogP contribution in [0.15, 0.2) is 36.0 Å². The summed E-state index contributed by atoms with van der Waals surface area (Å²) in [6, 6.07) is 0. The van der Waals surface area contributed by atoms with E-state index in [4.69, 9.17) is 0 Å². The third-order valence-corrected chi connectivity index (χ3v) is 3.33. The second-order valence-corrected chi connectivity index (χ2v) is 3.94. The van der Waals surface area contributed by atoms with E-state index in [0.717, 1.165) is 6.42 Å². The molecule has 0 saturated carbocycles. The van der Waals surface area contributed by atoms with Gasteiger partial charge in [0, 0.05) is 17.8 Å². The Bertz CT molecular complexity index is 298. The standard InChI is InChI=1S/C11H12O/c12-11-8-2-1-7-3-5-9(7)10(11)6-4-8/h1,3-6,8-12H,2H2. The van der Waals surface area contributed by atoms with Crippen molar-refractivity contribution in [3.05, 3.63) is 36.0 Å². The largest absolute Gasteiger partial charge is 0.392 e. The van der Waals surface area contributed by atoms with E-state index in [-0.39, 0.29) is 6.10 Å². The van der Waals surface area contributed by atoms with Crippen LogP contribution >= 0.6 is 0 Å². The predicted octanol–water partition coefficient (Wildman–Crippen LogP) is 1.67. The molecule has 1 nitrogen and oxygen atoms in total. The van der Waals surface area contributed by atoms with E-state index in [1.807, 2.05) is 0 Å². The lowest BCUT2D eigenvalue weighted by atomic mass is 9.78. The summed E-state index contributed by atoms with van der Waals surface area (Å²) in [5.41, 5.74) is 1.44. The average molecular weight is 160 g/mol. The second-order valence-electron chi connectivity index (χ2n) is 3.94. The first-order chi connectivity index (χ1) is 5.86. The predicted molar refractivity (Wildman–Crippen MR) is 47.5 cm³/mol. The van der Waals surface area contributed by atoms with Crippen LogP contribution in [-0.4, -0.2) is 11.2 Å². The number of rotatable bonds is 0. The van der Waals surface area contributed by atoms with E-state index in [9.17, 15) is 5.11 Å². The van der Waals surface area contributed by atoms with Crippen LogP contribution in [0.4, 0.5) is 0 Å². The molecule has 0 saturated heterocycles. The van der Waals surface area contributed by atoms with Crippen LogP contribution in [-0.2, 0) is 0 Å². The van der Waals surface area contributed by atoms with E-state index in [1.165, 1.54) is 5.57 Å². The fourth-order valence-corrected chi connectivity index (χ4v) is 2.48. The molecular formula is C11H12O. The molecule has 0 fully saturated rings. The number of aliphatic hydroxyl groups excluding tert-OH is 1. The van der Waals surface area contributed by atoms with Gasteiger partial charge in [0.15, 0.2) is 0 Å². The van der Waals surface area contributed by atoms with Crippen LogP contribution in [0.5, 0.6) is 0 Å². The van der Waals surface area contributed by atoms with Crippen LogP contribution in [0.25, 0.3) is 0 Å². The molecule has 2 bridgehead atoms. The fourth-order valence-electron chi connectivity index (χ4n) is 2.48. The topological polar surface area (TPSA) is 20.2 Å². The molecule has 1 heteroatoms. The minimum absolute atomic E-state index is 0.131. The Hall–Kier alpha value is -0.820. The number of hydrogen-bond donors (Lipinski definition) is 1. The lowest BCUT2D eigenvalue weighted by Crippen LogP contribution is -2.27. The molecule has 0 spiro atoms. The van der Waals surface area contributed by atoms with Crippen LogP contribution in [0.2, 0.25) is 0 Å². The van der Waals surface area contributed by atoms with Gasteiger partial charge >= 0.3 is 0 Å². The molecule has 0 aromatic carbocycles. The van der Waals surface area contributed by atoms with Crippen molar-refractivity contribution < 1.29 is 5.11 Å². The molecule has 0 aromatic heterocycles. The van der Waals surface area contributed by atoms with Gasteiger partial charge in [-0.25, -0.2) is 0 Å². The molecule has 62 valence electrons. The summed E-state index contributed by atoms with van der Waals surface area (Å²) in [7, 11) is 0. The van der Waals surface area contributed by atoms with Gasteiger partial charge in [0.05, 0.1) is 6.10 Å². The van der Waals surface area contributed by atoms with E-state index in [0.29, 0.717) is 17.8 Å². The van der Waals surface area contributed by atoms with E-state index >= 15 is 0 Å². The molecule has 0 heterocycles. The second kappa shape index (κ2) is 2.11. The molecule has 0 aromatic rings. The Labute approximate surface area is 72.1 Å². The SMILES string of the molecule is OC1C2C=CC1C1C=CC1=CC2. The van der Waals surface area contributed by atoms with Gasteiger partial charge in [-0.1, -0.05) is 30.4 Å². The summed E-state index contributed by atoms with van der Waals surface area (Å²) < 4.78 is 0. The maximum Gasteiger partial charge on any atom is 0.0677 e. The molecule has 0 amide bonds. The summed E-state index contributed by atoms with van der Waals surface area (Å²) in [5, 5.41) is 9.88. The smallest absolute Gasteiger partial charge is 0.0677 e.